The summed E-state index contributed by atoms with van der Waals surface area (Å²) in [6.07, 6.45) is 9.10. The normalized spacial score (nSPS) is 40.0. The second kappa shape index (κ2) is 5.82. The maximum atomic E-state index is 10.2. The van der Waals surface area contributed by atoms with Gasteiger partial charge in [0.15, 0.2) is 0 Å². The highest BCUT2D eigenvalue weighted by molar-refractivity contribution is 5.09. The Morgan fingerprint density at radius 3 is 2.52 bits per heavy atom. The summed E-state index contributed by atoms with van der Waals surface area (Å²) < 4.78 is 6.24. The lowest BCUT2D eigenvalue weighted by Gasteiger charge is -2.42. The summed E-state index contributed by atoms with van der Waals surface area (Å²) in [7, 11) is 0. The fraction of sp³-hybridized carbons (Fsp3) is 1.00. The fourth-order valence-corrected chi connectivity index (χ4v) is 5.37. The van der Waals surface area contributed by atoms with Gasteiger partial charge in [-0.25, -0.2) is 0 Å². The number of hydrogen-bond donors (Lipinski definition) is 2. The third kappa shape index (κ3) is 3.02. The average molecular weight is 295 g/mol. The summed E-state index contributed by atoms with van der Waals surface area (Å²) in [6.45, 7) is 8.26. The molecule has 3 rings (SSSR count). The zero-order valence-corrected chi connectivity index (χ0v) is 14.0. The van der Waals surface area contributed by atoms with E-state index in [2.05, 4.69) is 26.1 Å². The van der Waals surface area contributed by atoms with E-state index in [1.54, 1.807) is 0 Å². The van der Waals surface area contributed by atoms with E-state index in [0.29, 0.717) is 30.7 Å². The molecule has 3 fully saturated rings. The van der Waals surface area contributed by atoms with E-state index >= 15 is 0 Å². The van der Waals surface area contributed by atoms with Crippen LogP contribution in [-0.2, 0) is 4.74 Å². The molecule has 0 unspecified atom stereocenters. The average Bonchev–Trinajstić information content (AvgIpc) is 3.09. The number of aliphatic hydroxyl groups excluding tert-OH is 1. The van der Waals surface area contributed by atoms with Crippen LogP contribution in [-0.4, -0.2) is 36.5 Å². The standard InChI is InChI=1S/C18H33NO2/c1-17(2)13-8-9-18(3,10-13)16(17)21-12-15(20)11-19-14-6-4-5-7-14/h13-16,19-20H,4-12H2,1-3H3/t13-,15+,16-,18+/m0/s1. The van der Waals surface area contributed by atoms with Gasteiger partial charge in [-0.2, -0.15) is 0 Å². The molecule has 0 aromatic carbocycles. The van der Waals surface area contributed by atoms with Crippen molar-refractivity contribution in [2.75, 3.05) is 13.2 Å². The van der Waals surface area contributed by atoms with Gasteiger partial charge in [0.25, 0.3) is 0 Å². The molecule has 0 spiro atoms. The van der Waals surface area contributed by atoms with Crippen molar-refractivity contribution in [3.05, 3.63) is 0 Å². The lowest BCUT2D eigenvalue weighted by molar-refractivity contribution is -0.110. The van der Waals surface area contributed by atoms with Gasteiger partial charge in [-0.3, -0.25) is 0 Å². The second-order valence-electron chi connectivity index (χ2n) is 8.67. The zero-order chi connectivity index (χ0) is 15.1. The molecule has 3 nitrogen and oxygen atoms in total. The van der Waals surface area contributed by atoms with E-state index in [9.17, 15) is 5.11 Å². The van der Waals surface area contributed by atoms with Crippen LogP contribution >= 0.6 is 0 Å². The van der Waals surface area contributed by atoms with E-state index in [1.165, 1.54) is 44.9 Å². The van der Waals surface area contributed by atoms with Crippen LogP contribution in [0.3, 0.4) is 0 Å². The van der Waals surface area contributed by atoms with Crippen LogP contribution in [0.4, 0.5) is 0 Å². The van der Waals surface area contributed by atoms with Gasteiger partial charge in [0.05, 0.1) is 18.8 Å². The monoisotopic (exact) mass is 295 g/mol. The Labute approximate surface area is 129 Å². The quantitative estimate of drug-likeness (QED) is 0.791. The highest BCUT2D eigenvalue weighted by Crippen LogP contribution is 2.63. The van der Waals surface area contributed by atoms with Gasteiger partial charge in [-0.15, -0.1) is 0 Å². The van der Waals surface area contributed by atoms with Crippen LogP contribution in [0, 0.1) is 16.7 Å². The SMILES string of the molecule is CC1(C)[C@H]2CC[C@](C)(C2)[C@H]1OC[C@H](O)CNC1CCCC1. The van der Waals surface area contributed by atoms with E-state index in [1.807, 2.05) is 0 Å². The molecule has 0 heterocycles. The summed E-state index contributed by atoms with van der Waals surface area (Å²) in [6, 6.07) is 0.621. The van der Waals surface area contributed by atoms with Crippen molar-refractivity contribution < 1.29 is 9.84 Å². The number of rotatable bonds is 6. The molecule has 0 radical (unpaired) electrons. The molecule has 0 aromatic heterocycles. The molecule has 2 bridgehead atoms. The minimum absolute atomic E-state index is 0.269. The molecule has 3 heteroatoms. The maximum absolute atomic E-state index is 10.2. The molecule has 122 valence electrons. The number of ether oxygens (including phenoxy) is 1. The Bertz CT molecular complexity index is 359. The fourth-order valence-electron chi connectivity index (χ4n) is 5.37. The minimum Gasteiger partial charge on any atom is -0.389 e. The van der Waals surface area contributed by atoms with Crippen molar-refractivity contribution in [2.24, 2.45) is 16.7 Å². The largest absolute Gasteiger partial charge is 0.389 e. The Morgan fingerprint density at radius 2 is 1.90 bits per heavy atom. The number of hydrogen-bond acceptors (Lipinski definition) is 3. The summed E-state index contributed by atoms with van der Waals surface area (Å²) in [4.78, 5) is 0. The van der Waals surface area contributed by atoms with Gasteiger partial charge in [-0.05, 0) is 48.9 Å². The second-order valence-corrected chi connectivity index (χ2v) is 8.67. The van der Waals surface area contributed by atoms with Crippen molar-refractivity contribution >= 4 is 0 Å². The number of fused-ring (bicyclic) bond motifs is 2. The molecular formula is C18H33NO2. The topological polar surface area (TPSA) is 41.5 Å². The molecule has 21 heavy (non-hydrogen) atoms. The molecule has 4 atom stereocenters. The molecule has 3 aliphatic carbocycles. The first-order valence-electron chi connectivity index (χ1n) is 8.95. The highest BCUT2D eigenvalue weighted by Gasteiger charge is 2.60. The minimum atomic E-state index is -0.371. The maximum Gasteiger partial charge on any atom is 0.0897 e. The van der Waals surface area contributed by atoms with Crippen molar-refractivity contribution in [1.29, 1.82) is 0 Å². The van der Waals surface area contributed by atoms with Crippen molar-refractivity contribution in [1.82, 2.24) is 5.32 Å². The van der Waals surface area contributed by atoms with Gasteiger partial charge in [0.2, 0.25) is 0 Å². The molecule has 3 aliphatic rings. The van der Waals surface area contributed by atoms with Gasteiger partial charge >= 0.3 is 0 Å². The summed E-state index contributed by atoms with van der Waals surface area (Å²) in [5, 5.41) is 13.7. The molecular weight excluding hydrogens is 262 g/mol. The van der Waals surface area contributed by atoms with Crippen LogP contribution in [0.5, 0.6) is 0 Å². The predicted octanol–water partition coefficient (Wildman–Crippen LogP) is 3.11. The molecule has 3 saturated carbocycles. The lowest BCUT2D eigenvalue weighted by atomic mass is 9.70. The number of aliphatic hydroxyl groups is 1. The first-order chi connectivity index (χ1) is 9.92. The Kier molecular flexibility index (Phi) is 4.37. The Morgan fingerprint density at radius 1 is 1.19 bits per heavy atom. The lowest BCUT2D eigenvalue weighted by Crippen LogP contribution is -2.45. The van der Waals surface area contributed by atoms with E-state index in [0.717, 1.165) is 5.92 Å². The smallest absolute Gasteiger partial charge is 0.0897 e. The van der Waals surface area contributed by atoms with Crippen molar-refractivity contribution in [3.8, 4) is 0 Å². The Balaban J connectivity index is 1.46. The Hall–Kier alpha value is -0.120. The van der Waals surface area contributed by atoms with Crippen molar-refractivity contribution in [3.63, 3.8) is 0 Å². The van der Waals surface area contributed by atoms with Crippen molar-refractivity contribution in [2.45, 2.75) is 84.0 Å². The number of nitrogens with one attached hydrogen (secondary N) is 1. The summed E-state index contributed by atoms with van der Waals surface area (Å²) in [5.41, 5.74) is 0.609. The van der Waals surface area contributed by atoms with Gasteiger partial charge in [-0.1, -0.05) is 33.6 Å². The molecule has 0 amide bonds. The van der Waals surface area contributed by atoms with E-state index in [4.69, 9.17) is 4.74 Å². The molecule has 2 N–H and O–H groups in total. The van der Waals surface area contributed by atoms with Crippen LogP contribution in [0.15, 0.2) is 0 Å². The van der Waals surface area contributed by atoms with Crippen LogP contribution in [0.2, 0.25) is 0 Å². The first-order valence-corrected chi connectivity index (χ1v) is 8.95. The first kappa shape index (κ1) is 15.8. The summed E-state index contributed by atoms with van der Waals surface area (Å²) >= 11 is 0. The third-order valence-electron chi connectivity index (χ3n) is 6.59. The van der Waals surface area contributed by atoms with Gasteiger partial charge in [0.1, 0.15) is 0 Å². The highest BCUT2D eigenvalue weighted by atomic mass is 16.5. The molecule has 0 aromatic rings. The molecule has 0 saturated heterocycles. The van der Waals surface area contributed by atoms with Crippen LogP contribution in [0.1, 0.15) is 65.7 Å². The van der Waals surface area contributed by atoms with Crippen LogP contribution < -0.4 is 5.32 Å². The predicted molar refractivity (Wildman–Crippen MR) is 85.2 cm³/mol. The van der Waals surface area contributed by atoms with E-state index in [-0.39, 0.29) is 11.5 Å². The zero-order valence-electron chi connectivity index (χ0n) is 14.0. The van der Waals surface area contributed by atoms with Gasteiger partial charge in [0, 0.05) is 12.6 Å². The summed E-state index contributed by atoms with van der Waals surface area (Å²) in [5.74, 6) is 0.807. The van der Waals surface area contributed by atoms with Gasteiger partial charge < -0.3 is 15.2 Å². The third-order valence-corrected chi connectivity index (χ3v) is 6.59. The van der Waals surface area contributed by atoms with E-state index < -0.39 is 0 Å². The molecule has 0 aliphatic heterocycles. The van der Waals surface area contributed by atoms with Crippen LogP contribution in [0.25, 0.3) is 0 Å².